The van der Waals surface area contributed by atoms with Gasteiger partial charge in [0.1, 0.15) is 23.4 Å². The highest BCUT2D eigenvalue weighted by atomic mass is 32.1. The van der Waals surface area contributed by atoms with Crippen LogP contribution < -0.4 is 10.6 Å². The number of rotatable bonds is 7. The molecular formula is C31H25FN4O2S. The van der Waals surface area contributed by atoms with Crippen LogP contribution in [0.15, 0.2) is 108 Å². The summed E-state index contributed by atoms with van der Waals surface area (Å²) < 4.78 is 19.7. The lowest BCUT2D eigenvalue weighted by Crippen LogP contribution is -2.32. The van der Waals surface area contributed by atoms with Crippen LogP contribution in [0.3, 0.4) is 0 Å². The number of aromatic nitrogens is 1. The van der Waals surface area contributed by atoms with Crippen LogP contribution in [-0.2, 0) is 4.79 Å². The smallest absolute Gasteiger partial charge is 0.226 e. The van der Waals surface area contributed by atoms with Gasteiger partial charge >= 0.3 is 0 Å². The first-order valence-electron chi connectivity index (χ1n) is 12.7. The zero-order valence-corrected chi connectivity index (χ0v) is 21.7. The number of nitrogens with zero attached hydrogens (tertiary/aromatic N) is 2. The van der Waals surface area contributed by atoms with E-state index in [0.29, 0.717) is 23.2 Å². The van der Waals surface area contributed by atoms with Gasteiger partial charge in [0.15, 0.2) is 5.11 Å². The number of hydrogen-bond donors (Lipinski definition) is 2. The van der Waals surface area contributed by atoms with E-state index in [4.69, 9.17) is 16.6 Å². The highest BCUT2D eigenvalue weighted by Gasteiger charge is 2.41. The number of thiocarbonyl (C=S) groups is 1. The summed E-state index contributed by atoms with van der Waals surface area (Å²) in [6.45, 7) is 0.378. The molecule has 5 aromatic rings. The van der Waals surface area contributed by atoms with E-state index in [1.165, 1.54) is 12.1 Å². The minimum atomic E-state index is -0.327. The largest absolute Gasteiger partial charge is 0.459 e. The summed E-state index contributed by atoms with van der Waals surface area (Å²) in [5.74, 6) is 0.878. The molecule has 194 valence electrons. The molecule has 2 aromatic heterocycles. The Kier molecular flexibility index (Phi) is 6.77. The molecule has 1 amide bonds. The number of carbonyl (C=O) groups is 1. The topological polar surface area (TPSA) is 70.4 Å². The van der Waals surface area contributed by atoms with Gasteiger partial charge in [-0.15, -0.1) is 0 Å². The standard InChI is InChI=1S/C31H25FN4O2S/c32-22-13-11-21(12-14-22)26-15-16-27(38-26)30-29(25-9-3-4-18-33-25)35-31(39)36(30)19-17-28(37)34-24-10-5-7-20-6-1-2-8-23(20)24/h1-16,18,29-30H,17,19H2,(H,34,37)(H,35,39)/t29-,30-/m1/s1. The molecule has 1 aliphatic heterocycles. The summed E-state index contributed by atoms with van der Waals surface area (Å²) in [6, 6.07) is 28.9. The van der Waals surface area contributed by atoms with Crippen LogP contribution in [0.4, 0.5) is 10.1 Å². The van der Waals surface area contributed by atoms with Crippen molar-refractivity contribution in [3.63, 3.8) is 0 Å². The van der Waals surface area contributed by atoms with Crippen molar-refractivity contribution >= 4 is 39.7 Å². The first-order valence-corrected chi connectivity index (χ1v) is 13.1. The maximum absolute atomic E-state index is 13.5. The Morgan fingerprint density at radius 3 is 2.59 bits per heavy atom. The van der Waals surface area contributed by atoms with Gasteiger partial charge in [-0.05, 0) is 72.2 Å². The summed E-state index contributed by atoms with van der Waals surface area (Å²) in [5, 5.41) is 9.01. The van der Waals surface area contributed by atoms with Gasteiger partial charge in [0.05, 0.1) is 11.7 Å². The van der Waals surface area contributed by atoms with Crippen molar-refractivity contribution in [2.75, 3.05) is 11.9 Å². The van der Waals surface area contributed by atoms with Crippen LogP contribution in [0.5, 0.6) is 0 Å². The molecule has 8 heteroatoms. The van der Waals surface area contributed by atoms with E-state index in [0.717, 1.165) is 27.7 Å². The first kappa shape index (κ1) is 24.8. The third-order valence-electron chi connectivity index (χ3n) is 6.89. The number of hydrogen-bond acceptors (Lipinski definition) is 4. The van der Waals surface area contributed by atoms with Gasteiger partial charge in [-0.25, -0.2) is 4.39 Å². The summed E-state index contributed by atoms with van der Waals surface area (Å²) in [5.41, 5.74) is 2.36. The number of fused-ring (bicyclic) bond motifs is 1. The molecule has 2 atom stereocenters. The number of amides is 1. The zero-order valence-electron chi connectivity index (χ0n) is 20.9. The highest BCUT2D eigenvalue weighted by Crippen LogP contribution is 2.40. The second-order valence-corrected chi connectivity index (χ2v) is 9.74. The molecule has 0 radical (unpaired) electrons. The second kappa shape index (κ2) is 10.7. The number of anilines is 1. The Balaban J connectivity index is 1.25. The van der Waals surface area contributed by atoms with E-state index in [-0.39, 0.29) is 30.2 Å². The third kappa shape index (κ3) is 5.11. The van der Waals surface area contributed by atoms with Gasteiger partial charge in [0, 0.05) is 35.8 Å². The summed E-state index contributed by atoms with van der Waals surface area (Å²) in [4.78, 5) is 19.6. The van der Waals surface area contributed by atoms with Crippen LogP contribution in [-0.4, -0.2) is 27.4 Å². The van der Waals surface area contributed by atoms with Crippen LogP contribution >= 0.6 is 12.2 Å². The Hall–Kier alpha value is -4.56. The summed E-state index contributed by atoms with van der Waals surface area (Å²) in [7, 11) is 0. The number of benzene rings is 3. The Morgan fingerprint density at radius 1 is 0.974 bits per heavy atom. The molecule has 0 bridgehead atoms. The fourth-order valence-electron chi connectivity index (χ4n) is 5.01. The van der Waals surface area contributed by atoms with E-state index in [1.54, 1.807) is 18.3 Å². The fraction of sp³-hybridized carbons (Fsp3) is 0.129. The number of nitrogens with one attached hydrogen (secondary N) is 2. The van der Waals surface area contributed by atoms with Crippen molar-refractivity contribution in [2.24, 2.45) is 0 Å². The lowest BCUT2D eigenvalue weighted by Gasteiger charge is -2.26. The predicted octanol–water partition coefficient (Wildman–Crippen LogP) is 6.64. The minimum Gasteiger partial charge on any atom is -0.459 e. The molecule has 0 aliphatic carbocycles. The van der Waals surface area contributed by atoms with Gasteiger partial charge in [0.25, 0.3) is 0 Å². The molecule has 1 saturated heterocycles. The molecule has 1 aliphatic rings. The second-order valence-electron chi connectivity index (χ2n) is 9.35. The normalized spacial score (nSPS) is 16.8. The van der Waals surface area contributed by atoms with Crippen molar-refractivity contribution in [3.8, 4) is 11.3 Å². The van der Waals surface area contributed by atoms with Crippen LogP contribution in [0, 0.1) is 5.82 Å². The molecule has 2 N–H and O–H groups in total. The quantitative estimate of drug-likeness (QED) is 0.228. The Morgan fingerprint density at radius 2 is 1.77 bits per heavy atom. The maximum Gasteiger partial charge on any atom is 0.226 e. The average molecular weight is 537 g/mol. The van der Waals surface area contributed by atoms with Crippen molar-refractivity contribution in [1.82, 2.24) is 15.2 Å². The molecule has 1 fully saturated rings. The third-order valence-corrected chi connectivity index (χ3v) is 7.24. The summed E-state index contributed by atoms with van der Waals surface area (Å²) >= 11 is 5.73. The van der Waals surface area contributed by atoms with Gasteiger partial charge in [-0.3, -0.25) is 9.78 Å². The van der Waals surface area contributed by atoms with E-state index < -0.39 is 0 Å². The SMILES string of the molecule is O=C(CCN1C(=S)N[C@H](c2ccccn2)[C@H]1c1ccc(-c2ccc(F)cc2)o1)Nc1cccc2ccccc12. The van der Waals surface area contributed by atoms with Crippen molar-refractivity contribution in [2.45, 2.75) is 18.5 Å². The first-order chi connectivity index (χ1) is 19.1. The lowest BCUT2D eigenvalue weighted by atomic mass is 10.0. The van der Waals surface area contributed by atoms with Gasteiger partial charge in [0.2, 0.25) is 5.91 Å². The zero-order chi connectivity index (χ0) is 26.8. The van der Waals surface area contributed by atoms with E-state index in [1.807, 2.05) is 77.7 Å². The fourth-order valence-corrected chi connectivity index (χ4v) is 5.34. The molecule has 3 heterocycles. The van der Waals surface area contributed by atoms with Crippen LogP contribution in [0.25, 0.3) is 22.1 Å². The molecule has 3 aromatic carbocycles. The van der Waals surface area contributed by atoms with Crippen molar-refractivity contribution < 1.29 is 13.6 Å². The maximum atomic E-state index is 13.5. The summed E-state index contributed by atoms with van der Waals surface area (Å²) in [6.07, 6.45) is 1.96. The Labute approximate surface area is 230 Å². The minimum absolute atomic E-state index is 0.111. The van der Waals surface area contributed by atoms with E-state index >= 15 is 0 Å². The number of pyridine rings is 1. The lowest BCUT2D eigenvalue weighted by molar-refractivity contribution is -0.116. The highest BCUT2D eigenvalue weighted by molar-refractivity contribution is 7.80. The monoisotopic (exact) mass is 536 g/mol. The molecule has 0 spiro atoms. The molecule has 0 saturated carbocycles. The molecule has 6 rings (SSSR count). The van der Waals surface area contributed by atoms with Crippen molar-refractivity contribution in [1.29, 1.82) is 0 Å². The average Bonchev–Trinajstić information content (AvgIpc) is 3.57. The van der Waals surface area contributed by atoms with Gasteiger partial charge in [-0.1, -0.05) is 42.5 Å². The van der Waals surface area contributed by atoms with Crippen molar-refractivity contribution in [3.05, 3.63) is 121 Å². The molecule has 6 nitrogen and oxygen atoms in total. The van der Waals surface area contributed by atoms with E-state index in [2.05, 4.69) is 15.6 Å². The predicted molar refractivity (Wildman–Crippen MR) is 153 cm³/mol. The number of furan rings is 1. The van der Waals surface area contributed by atoms with E-state index in [9.17, 15) is 9.18 Å². The number of carbonyl (C=O) groups excluding carboxylic acids is 1. The van der Waals surface area contributed by atoms with Gasteiger partial charge in [-0.2, -0.15) is 0 Å². The van der Waals surface area contributed by atoms with Crippen LogP contribution in [0.2, 0.25) is 0 Å². The Bertz CT molecular complexity index is 1630. The van der Waals surface area contributed by atoms with Gasteiger partial charge < -0.3 is 20.0 Å². The molecule has 39 heavy (non-hydrogen) atoms. The van der Waals surface area contributed by atoms with Crippen LogP contribution in [0.1, 0.15) is 30.0 Å². The molecular weight excluding hydrogens is 511 g/mol. The number of halogens is 1. The molecule has 0 unspecified atom stereocenters.